The molecule has 38 heavy (non-hydrogen) atoms. The van der Waals surface area contributed by atoms with Crippen LogP contribution in [0, 0.1) is 0 Å². The summed E-state index contributed by atoms with van der Waals surface area (Å²) in [5.74, 6) is 0. The summed E-state index contributed by atoms with van der Waals surface area (Å²) in [7, 11) is -4.75. The Labute approximate surface area is 203 Å². The Morgan fingerprint density at radius 3 is 0.684 bits per heavy atom. The van der Waals surface area contributed by atoms with Crippen molar-refractivity contribution in [3.05, 3.63) is 57.6 Å². The first-order valence-electron chi connectivity index (χ1n) is 8.83. The molecular formula is C18H4ClF18P. The molecule has 0 heterocycles. The van der Waals surface area contributed by atoms with E-state index in [1.807, 2.05) is 0 Å². The van der Waals surface area contributed by atoms with Crippen molar-refractivity contribution in [1.82, 2.24) is 0 Å². The van der Waals surface area contributed by atoms with Gasteiger partial charge in [0, 0.05) is 10.6 Å². The van der Waals surface area contributed by atoms with Crippen molar-refractivity contribution in [2.24, 2.45) is 0 Å². The summed E-state index contributed by atoms with van der Waals surface area (Å²) in [6.45, 7) is 0. The van der Waals surface area contributed by atoms with E-state index in [0.29, 0.717) is 0 Å². The fourth-order valence-electron chi connectivity index (χ4n) is 3.00. The number of hydrogen-bond acceptors (Lipinski definition) is 0. The van der Waals surface area contributed by atoms with Gasteiger partial charge in [-0.05, 0) is 24.3 Å². The predicted molar refractivity (Wildman–Crippen MR) is 94.9 cm³/mol. The van der Waals surface area contributed by atoms with Gasteiger partial charge >= 0.3 is 37.1 Å². The van der Waals surface area contributed by atoms with Crippen LogP contribution in [-0.4, -0.2) is 0 Å². The highest BCUT2D eigenvalue weighted by molar-refractivity contribution is 7.96. The normalized spacial score (nSPS) is 14.4. The van der Waals surface area contributed by atoms with Crippen LogP contribution in [0.5, 0.6) is 0 Å². The number of alkyl halides is 18. The van der Waals surface area contributed by atoms with E-state index in [0.717, 1.165) is 0 Å². The summed E-state index contributed by atoms with van der Waals surface area (Å²) in [6.07, 6.45) is -36.9. The van der Waals surface area contributed by atoms with E-state index in [9.17, 15) is 79.0 Å². The molecule has 0 atom stereocenters. The summed E-state index contributed by atoms with van der Waals surface area (Å²) in [5, 5.41) is -5.32. The second-order valence-corrected chi connectivity index (χ2v) is 9.58. The molecule has 2 aromatic rings. The second-order valence-electron chi connectivity index (χ2n) is 7.11. The summed E-state index contributed by atoms with van der Waals surface area (Å²) in [6, 6.07) is -4.08. The maximum Gasteiger partial charge on any atom is 0.417 e. The first-order valence-corrected chi connectivity index (χ1v) is 11.1. The van der Waals surface area contributed by atoms with Crippen LogP contribution in [0.1, 0.15) is 33.4 Å². The van der Waals surface area contributed by atoms with Crippen molar-refractivity contribution in [3.63, 3.8) is 0 Å². The van der Waals surface area contributed by atoms with Crippen LogP contribution in [0.3, 0.4) is 0 Å². The number of halogens is 19. The van der Waals surface area contributed by atoms with Gasteiger partial charge in [0.25, 0.3) is 0 Å². The Morgan fingerprint density at radius 1 is 0.368 bits per heavy atom. The summed E-state index contributed by atoms with van der Waals surface area (Å²) < 4.78 is 241. The van der Waals surface area contributed by atoms with Crippen LogP contribution in [0.4, 0.5) is 79.0 Å². The molecule has 2 aromatic carbocycles. The number of hydrogen-bond donors (Lipinski definition) is 0. The van der Waals surface area contributed by atoms with Gasteiger partial charge < -0.3 is 0 Å². The third-order valence-electron chi connectivity index (χ3n) is 4.49. The van der Waals surface area contributed by atoms with E-state index < -0.39 is 113 Å². The molecule has 0 aliphatic heterocycles. The van der Waals surface area contributed by atoms with Crippen molar-refractivity contribution in [2.45, 2.75) is 37.1 Å². The average Bonchev–Trinajstić information content (AvgIpc) is 2.67. The highest BCUT2D eigenvalue weighted by Gasteiger charge is 2.51. The molecule has 2 rings (SSSR count). The molecule has 214 valence electrons. The lowest BCUT2D eigenvalue weighted by Crippen LogP contribution is -2.34. The van der Waals surface area contributed by atoms with Gasteiger partial charge in [-0.2, -0.15) is 79.0 Å². The molecule has 0 saturated carbocycles. The molecule has 0 spiro atoms. The molecule has 0 radical (unpaired) electrons. The topological polar surface area (TPSA) is 0 Å². The van der Waals surface area contributed by atoms with Gasteiger partial charge in [-0.3, -0.25) is 0 Å². The first-order chi connectivity index (χ1) is 16.6. The quantitative estimate of drug-likeness (QED) is 0.230. The van der Waals surface area contributed by atoms with Crippen LogP contribution in [0.15, 0.2) is 24.3 Å². The maximum atomic E-state index is 13.6. The molecule has 0 bridgehead atoms. The molecule has 0 N–H and O–H groups in total. The minimum atomic E-state index is -6.27. The number of benzene rings is 2. The van der Waals surface area contributed by atoms with E-state index in [2.05, 4.69) is 0 Å². The Balaban J connectivity index is 3.22. The van der Waals surface area contributed by atoms with Crippen molar-refractivity contribution in [1.29, 1.82) is 0 Å². The highest BCUT2D eigenvalue weighted by Crippen LogP contribution is 2.54. The lowest BCUT2D eigenvalue weighted by molar-refractivity contribution is -0.149. The summed E-state index contributed by atoms with van der Waals surface area (Å²) in [5.41, 5.74) is -17.3. The third kappa shape index (κ3) is 6.72. The van der Waals surface area contributed by atoms with Gasteiger partial charge in [-0.25, -0.2) is 0 Å². The fourth-order valence-corrected chi connectivity index (χ4v) is 5.92. The van der Waals surface area contributed by atoms with Gasteiger partial charge in [-0.1, -0.05) is 11.2 Å². The van der Waals surface area contributed by atoms with Crippen molar-refractivity contribution in [2.75, 3.05) is 0 Å². The lowest BCUT2D eigenvalue weighted by Gasteiger charge is -2.28. The summed E-state index contributed by atoms with van der Waals surface area (Å²) in [4.78, 5) is 0. The van der Waals surface area contributed by atoms with Gasteiger partial charge in [0.15, 0.2) is 0 Å². The van der Waals surface area contributed by atoms with Crippen LogP contribution in [0.2, 0.25) is 0 Å². The van der Waals surface area contributed by atoms with E-state index in [1.54, 1.807) is 0 Å². The van der Waals surface area contributed by atoms with Crippen molar-refractivity contribution >= 4 is 29.1 Å². The Bertz CT molecular complexity index is 1030. The van der Waals surface area contributed by atoms with Crippen LogP contribution in [0.25, 0.3) is 0 Å². The zero-order chi connectivity index (χ0) is 30.0. The van der Waals surface area contributed by atoms with E-state index in [-0.39, 0.29) is 0 Å². The third-order valence-corrected chi connectivity index (χ3v) is 7.25. The fraction of sp³-hybridized carbons (Fsp3) is 0.333. The van der Waals surface area contributed by atoms with Crippen molar-refractivity contribution < 1.29 is 79.0 Å². The largest absolute Gasteiger partial charge is 0.417 e. The standard InChI is InChI=1S/C18H4ClF18P/c19-38(11-7(15(26,27)28)1-5(13(20,21)22)2-8(11)16(29,30)31)12-9(17(32,33)34)3-6(14(23,24)25)4-10(12)18(35,36)37/h1-4H. The Hall–Kier alpha value is -2.10. The molecule has 0 aliphatic rings. The van der Waals surface area contributed by atoms with Crippen LogP contribution >= 0.6 is 18.5 Å². The van der Waals surface area contributed by atoms with E-state index in [1.165, 1.54) is 0 Å². The lowest BCUT2D eigenvalue weighted by atomic mass is 10.0. The van der Waals surface area contributed by atoms with Gasteiger partial charge in [0.05, 0.1) is 40.7 Å². The molecule has 0 fully saturated rings. The molecule has 0 amide bonds. The Kier molecular flexibility index (Phi) is 8.05. The van der Waals surface area contributed by atoms with Crippen molar-refractivity contribution in [3.8, 4) is 0 Å². The highest BCUT2D eigenvalue weighted by atomic mass is 35.7. The molecule has 20 heteroatoms. The van der Waals surface area contributed by atoms with Crippen LogP contribution < -0.4 is 10.6 Å². The van der Waals surface area contributed by atoms with E-state index >= 15 is 0 Å². The minimum absolute atomic E-state index is 1.02. The zero-order valence-electron chi connectivity index (χ0n) is 16.9. The summed E-state index contributed by atoms with van der Waals surface area (Å²) >= 11 is 5.41. The molecule has 0 saturated heterocycles. The SMILES string of the molecule is FC(F)(F)c1cc(C(F)(F)F)c(P(Cl)c2c(C(F)(F)F)cc(C(F)(F)F)cc2C(F)(F)F)c(C(F)(F)F)c1. The molecule has 0 nitrogen and oxygen atoms in total. The number of rotatable bonds is 2. The second kappa shape index (κ2) is 9.52. The smallest absolute Gasteiger partial charge is 0.166 e. The average molecular weight is 629 g/mol. The van der Waals surface area contributed by atoms with Gasteiger partial charge in [0.2, 0.25) is 0 Å². The molecule has 0 unspecified atom stereocenters. The molecule has 0 aliphatic carbocycles. The minimum Gasteiger partial charge on any atom is -0.166 e. The molecular weight excluding hydrogens is 625 g/mol. The monoisotopic (exact) mass is 628 g/mol. The Morgan fingerprint density at radius 2 is 0.553 bits per heavy atom. The predicted octanol–water partition coefficient (Wildman–Crippen LogP) is 9.39. The van der Waals surface area contributed by atoms with Gasteiger partial charge in [0.1, 0.15) is 0 Å². The maximum absolute atomic E-state index is 13.6. The van der Waals surface area contributed by atoms with Gasteiger partial charge in [-0.15, -0.1) is 0 Å². The van der Waals surface area contributed by atoms with E-state index in [4.69, 9.17) is 11.2 Å². The first kappa shape index (κ1) is 32.1. The zero-order valence-corrected chi connectivity index (χ0v) is 18.6. The van der Waals surface area contributed by atoms with Crippen LogP contribution in [-0.2, 0) is 37.1 Å². The molecule has 0 aromatic heterocycles.